The second-order valence-corrected chi connectivity index (χ2v) is 8.35. The van der Waals surface area contributed by atoms with Crippen molar-refractivity contribution in [2.75, 3.05) is 32.9 Å². The number of hydrogen-bond acceptors (Lipinski definition) is 7. The first kappa shape index (κ1) is 20.6. The molecule has 0 saturated carbocycles. The fraction of sp³-hybridized carbons (Fsp3) is 0.417. The normalized spacial score (nSPS) is 19.9. The van der Waals surface area contributed by atoms with E-state index in [1.165, 1.54) is 0 Å². The number of rotatable bonds is 5. The van der Waals surface area contributed by atoms with Crippen LogP contribution in [0.5, 0.6) is 5.75 Å². The fourth-order valence-corrected chi connectivity index (χ4v) is 4.78. The summed E-state index contributed by atoms with van der Waals surface area (Å²) in [5.74, 6) is 1.80. The van der Waals surface area contributed by atoms with Gasteiger partial charge in [-0.05, 0) is 56.2 Å². The van der Waals surface area contributed by atoms with Gasteiger partial charge in [0, 0.05) is 55.2 Å². The smallest absolute Gasteiger partial charge is 0.253 e. The molecule has 3 aromatic rings. The van der Waals surface area contributed by atoms with Crippen LogP contribution in [0.15, 0.2) is 53.2 Å². The van der Waals surface area contributed by atoms with Crippen LogP contribution in [0.3, 0.4) is 0 Å². The molecule has 2 aromatic heterocycles. The first-order chi connectivity index (χ1) is 15.7. The number of carbonyl (C=O) groups excluding carboxylic acids is 1. The highest BCUT2D eigenvalue weighted by molar-refractivity contribution is 5.94. The first-order valence-electron chi connectivity index (χ1n) is 11.0. The Morgan fingerprint density at radius 1 is 1.12 bits per heavy atom. The number of pyridine rings is 1. The van der Waals surface area contributed by atoms with Crippen LogP contribution in [0.4, 0.5) is 0 Å². The molecule has 1 unspecified atom stereocenters. The van der Waals surface area contributed by atoms with Crippen molar-refractivity contribution in [1.82, 2.24) is 20.1 Å². The molecule has 8 heteroatoms. The number of amides is 1. The Bertz CT molecular complexity index is 1060. The summed E-state index contributed by atoms with van der Waals surface area (Å²) in [6, 6.07) is 11.0. The van der Waals surface area contributed by atoms with Gasteiger partial charge in [-0.3, -0.25) is 9.78 Å². The van der Waals surface area contributed by atoms with Crippen LogP contribution in [-0.2, 0) is 4.74 Å². The van der Waals surface area contributed by atoms with Crippen LogP contribution in [0.2, 0.25) is 0 Å². The summed E-state index contributed by atoms with van der Waals surface area (Å²) in [4.78, 5) is 19.3. The lowest BCUT2D eigenvalue weighted by atomic mass is 9.72. The van der Waals surface area contributed by atoms with Crippen molar-refractivity contribution in [2.45, 2.75) is 25.7 Å². The van der Waals surface area contributed by atoms with Crippen molar-refractivity contribution in [3.05, 3.63) is 60.2 Å². The quantitative estimate of drug-likeness (QED) is 0.606. The van der Waals surface area contributed by atoms with Crippen LogP contribution in [-0.4, -0.2) is 58.9 Å². The molecule has 1 aromatic carbocycles. The molecule has 1 spiro atoms. The summed E-state index contributed by atoms with van der Waals surface area (Å²) >= 11 is 0. The van der Waals surface area contributed by atoms with Gasteiger partial charge in [-0.1, -0.05) is 0 Å². The van der Waals surface area contributed by atoms with Crippen molar-refractivity contribution in [1.29, 1.82) is 0 Å². The molecule has 5 rings (SSSR count). The molecule has 0 bridgehead atoms. The van der Waals surface area contributed by atoms with Crippen molar-refractivity contribution in [3.8, 4) is 17.2 Å². The standard InChI is InChI=1S/C24H26N4O4/c1-2-31-19-5-3-18(4-6-19)23(29)28-15-20(24(16-28)9-13-30-14-10-24)22-27-26-21(32-22)17-7-11-25-12-8-17/h3-8,11-12,20H,2,9-10,13-16H2,1H3. The van der Waals surface area contributed by atoms with Crippen LogP contribution < -0.4 is 4.74 Å². The molecule has 2 aliphatic heterocycles. The van der Waals surface area contributed by atoms with Crippen molar-refractivity contribution >= 4 is 5.91 Å². The molecule has 32 heavy (non-hydrogen) atoms. The number of ether oxygens (including phenoxy) is 2. The van der Waals surface area contributed by atoms with E-state index in [4.69, 9.17) is 13.9 Å². The van der Waals surface area contributed by atoms with E-state index >= 15 is 0 Å². The third-order valence-electron chi connectivity index (χ3n) is 6.50. The summed E-state index contributed by atoms with van der Waals surface area (Å²) in [5, 5.41) is 8.66. The minimum Gasteiger partial charge on any atom is -0.494 e. The predicted octanol–water partition coefficient (Wildman–Crippen LogP) is 3.57. The largest absolute Gasteiger partial charge is 0.494 e. The Labute approximate surface area is 186 Å². The Hall–Kier alpha value is -3.26. The molecule has 166 valence electrons. The molecule has 2 saturated heterocycles. The van der Waals surface area contributed by atoms with E-state index in [1.54, 1.807) is 12.4 Å². The maximum Gasteiger partial charge on any atom is 0.253 e. The predicted molar refractivity (Wildman–Crippen MR) is 116 cm³/mol. The molecule has 2 aliphatic rings. The highest BCUT2D eigenvalue weighted by Gasteiger charge is 2.51. The lowest BCUT2D eigenvalue weighted by Gasteiger charge is -2.36. The van der Waals surface area contributed by atoms with E-state index in [0.29, 0.717) is 50.3 Å². The van der Waals surface area contributed by atoms with Crippen molar-refractivity contribution in [2.24, 2.45) is 5.41 Å². The number of hydrogen-bond donors (Lipinski definition) is 0. The lowest BCUT2D eigenvalue weighted by Crippen LogP contribution is -2.37. The summed E-state index contributed by atoms with van der Waals surface area (Å²) < 4.78 is 17.3. The Balaban J connectivity index is 1.41. The molecule has 0 radical (unpaired) electrons. The molecule has 1 amide bonds. The van der Waals surface area contributed by atoms with E-state index in [1.807, 2.05) is 48.2 Å². The van der Waals surface area contributed by atoms with Gasteiger partial charge in [0.25, 0.3) is 5.91 Å². The van der Waals surface area contributed by atoms with Gasteiger partial charge in [-0.2, -0.15) is 0 Å². The fourth-order valence-electron chi connectivity index (χ4n) is 4.78. The maximum absolute atomic E-state index is 13.3. The van der Waals surface area contributed by atoms with Gasteiger partial charge in [-0.25, -0.2) is 0 Å². The average Bonchev–Trinajstić information content (AvgIpc) is 3.46. The van der Waals surface area contributed by atoms with E-state index in [9.17, 15) is 4.79 Å². The Morgan fingerprint density at radius 3 is 2.59 bits per heavy atom. The first-order valence-corrected chi connectivity index (χ1v) is 11.0. The SMILES string of the molecule is CCOc1ccc(C(=O)N2CC(c3nnc(-c4ccncc4)o3)C3(CCOCC3)C2)cc1. The third-order valence-corrected chi connectivity index (χ3v) is 6.50. The van der Waals surface area contributed by atoms with Crippen LogP contribution in [0, 0.1) is 5.41 Å². The topological polar surface area (TPSA) is 90.6 Å². The van der Waals surface area contributed by atoms with Gasteiger partial charge in [0.2, 0.25) is 11.8 Å². The van der Waals surface area contributed by atoms with Gasteiger partial charge in [-0.15, -0.1) is 10.2 Å². The second-order valence-electron chi connectivity index (χ2n) is 8.35. The minimum absolute atomic E-state index is 0.00953. The summed E-state index contributed by atoms with van der Waals surface area (Å²) in [6.07, 6.45) is 5.12. The van der Waals surface area contributed by atoms with E-state index < -0.39 is 0 Å². The Kier molecular flexibility index (Phi) is 5.61. The van der Waals surface area contributed by atoms with Crippen LogP contribution in [0.25, 0.3) is 11.5 Å². The number of nitrogens with zero attached hydrogens (tertiary/aromatic N) is 4. The summed E-state index contributed by atoms with van der Waals surface area (Å²) in [5.41, 5.74) is 1.36. The van der Waals surface area contributed by atoms with E-state index in [-0.39, 0.29) is 17.2 Å². The molecule has 0 aliphatic carbocycles. The molecular formula is C24H26N4O4. The highest BCUT2D eigenvalue weighted by atomic mass is 16.5. The molecule has 2 fully saturated rings. The zero-order valence-corrected chi connectivity index (χ0v) is 18.1. The monoisotopic (exact) mass is 434 g/mol. The second kappa shape index (κ2) is 8.70. The average molecular weight is 434 g/mol. The van der Waals surface area contributed by atoms with Gasteiger partial charge in [0.15, 0.2) is 0 Å². The molecule has 4 heterocycles. The third kappa shape index (κ3) is 3.86. The summed E-state index contributed by atoms with van der Waals surface area (Å²) in [7, 11) is 0. The van der Waals surface area contributed by atoms with E-state index in [0.717, 1.165) is 24.2 Å². The van der Waals surface area contributed by atoms with Crippen LogP contribution in [0.1, 0.15) is 41.9 Å². The van der Waals surface area contributed by atoms with Gasteiger partial charge >= 0.3 is 0 Å². The highest BCUT2D eigenvalue weighted by Crippen LogP contribution is 2.49. The maximum atomic E-state index is 13.3. The van der Waals surface area contributed by atoms with Gasteiger partial charge < -0.3 is 18.8 Å². The number of carbonyl (C=O) groups is 1. The lowest BCUT2D eigenvalue weighted by molar-refractivity contribution is 0.00908. The molecule has 1 atom stereocenters. The Morgan fingerprint density at radius 2 is 1.88 bits per heavy atom. The zero-order valence-electron chi connectivity index (χ0n) is 18.1. The van der Waals surface area contributed by atoms with Crippen molar-refractivity contribution in [3.63, 3.8) is 0 Å². The number of aromatic nitrogens is 3. The number of likely N-dealkylation sites (tertiary alicyclic amines) is 1. The van der Waals surface area contributed by atoms with Crippen molar-refractivity contribution < 1.29 is 18.7 Å². The van der Waals surface area contributed by atoms with Crippen LogP contribution >= 0.6 is 0 Å². The van der Waals surface area contributed by atoms with Gasteiger partial charge in [0.1, 0.15) is 5.75 Å². The molecule has 0 N–H and O–H groups in total. The molecular weight excluding hydrogens is 408 g/mol. The number of benzene rings is 1. The molecule has 8 nitrogen and oxygen atoms in total. The minimum atomic E-state index is -0.124. The van der Waals surface area contributed by atoms with E-state index in [2.05, 4.69) is 15.2 Å². The zero-order chi connectivity index (χ0) is 22.0. The summed E-state index contributed by atoms with van der Waals surface area (Å²) in [6.45, 7) is 5.08. The van der Waals surface area contributed by atoms with Gasteiger partial charge in [0.05, 0.1) is 12.5 Å².